The van der Waals surface area contributed by atoms with E-state index in [0.717, 1.165) is 5.56 Å². The minimum atomic E-state index is -3.76. The van der Waals surface area contributed by atoms with Gasteiger partial charge in [0.15, 0.2) is 0 Å². The molecular weight excluding hydrogens is 474 g/mol. The Morgan fingerprint density at radius 2 is 1.66 bits per heavy atom. The van der Waals surface area contributed by atoms with Gasteiger partial charge in [0.2, 0.25) is 15.9 Å². The molecule has 0 saturated carbocycles. The predicted molar refractivity (Wildman–Crippen MR) is 124 cm³/mol. The van der Waals surface area contributed by atoms with Gasteiger partial charge in [0.05, 0.1) is 16.8 Å². The van der Waals surface area contributed by atoms with Gasteiger partial charge in [-0.25, -0.2) is 21.1 Å². The molecule has 32 heavy (non-hydrogen) atoms. The summed E-state index contributed by atoms with van der Waals surface area (Å²) in [5.41, 5.74) is 1.95. The average Bonchev–Trinajstić information content (AvgIpc) is 3.17. The van der Waals surface area contributed by atoms with Crippen LogP contribution in [0.2, 0.25) is 5.02 Å². The van der Waals surface area contributed by atoms with Crippen molar-refractivity contribution in [3.8, 4) is 0 Å². The van der Waals surface area contributed by atoms with Crippen LogP contribution in [0, 0.1) is 5.92 Å². The van der Waals surface area contributed by atoms with Crippen molar-refractivity contribution in [1.29, 1.82) is 0 Å². The Hall–Kier alpha value is -2.14. The van der Waals surface area contributed by atoms with E-state index in [4.69, 9.17) is 11.6 Å². The van der Waals surface area contributed by atoms with Crippen molar-refractivity contribution < 1.29 is 21.6 Å². The Morgan fingerprint density at radius 3 is 2.28 bits per heavy atom. The molecule has 1 saturated heterocycles. The van der Waals surface area contributed by atoms with Gasteiger partial charge >= 0.3 is 0 Å². The summed E-state index contributed by atoms with van der Waals surface area (Å²) in [6, 6.07) is 11.3. The first-order chi connectivity index (χ1) is 15.1. The Kier molecular flexibility index (Phi) is 6.23. The first-order valence-electron chi connectivity index (χ1n) is 10.2. The normalized spacial score (nSPS) is 17.9. The monoisotopic (exact) mass is 497 g/mol. The first kappa shape index (κ1) is 23.0. The minimum absolute atomic E-state index is 0.154. The van der Waals surface area contributed by atoms with Gasteiger partial charge in [-0.1, -0.05) is 17.7 Å². The molecule has 11 heteroatoms. The third kappa shape index (κ3) is 4.63. The van der Waals surface area contributed by atoms with Crippen LogP contribution in [0.3, 0.4) is 0 Å². The van der Waals surface area contributed by atoms with Crippen molar-refractivity contribution in [1.82, 2.24) is 4.31 Å². The van der Waals surface area contributed by atoms with E-state index in [0.29, 0.717) is 55.3 Å². The zero-order valence-corrected chi connectivity index (χ0v) is 19.9. The highest BCUT2D eigenvalue weighted by molar-refractivity contribution is 7.92. The fraction of sp³-hybridized carbons (Fsp3) is 0.381. The molecule has 0 unspecified atom stereocenters. The molecule has 2 aromatic rings. The van der Waals surface area contributed by atoms with E-state index in [2.05, 4.69) is 5.32 Å². The zero-order chi connectivity index (χ0) is 23.1. The lowest BCUT2D eigenvalue weighted by Crippen LogP contribution is -2.40. The summed E-state index contributed by atoms with van der Waals surface area (Å²) in [4.78, 5) is 12.9. The standard InChI is InChI=1S/C21H24ClN3O5S2/c1-31(27,28)24-11-8-16(9-12-24)21(26)23-18-5-2-15-10-13-25(20(15)14-18)32(29,30)19-6-3-17(22)4-7-19/h2-7,14,16H,8-13H2,1H3,(H,23,26). The molecule has 4 rings (SSSR count). The van der Waals surface area contributed by atoms with Gasteiger partial charge in [-0.3, -0.25) is 9.10 Å². The molecule has 172 valence electrons. The average molecular weight is 498 g/mol. The number of sulfonamides is 2. The van der Waals surface area contributed by atoms with Gasteiger partial charge in [0.25, 0.3) is 10.0 Å². The molecule has 1 N–H and O–H groups in total. The van der Waals surface area contributed by atoms with Crippen molar-refractivity contribution in [2.45, 2.75) is 24.2 Å². The molecule has 1 fully saturated rings. The van der Waals surface area contributed by atoms with Crippen molar-refractivity contribution in [2.24, 2.45) is 5.92 Å². The third-order valence-corrected chi connectivity index (χ3v) is 9.28. The lowest BCUT2D eigenvalue weighted by molar-refractivity contribution is -0.120. The molecule has 0 aliphatic carbocycles. The molecular formula is C21H24ClN3O5S2. The lowest BCUT2D eigenvalue weighted by Gasteiger charge is -2.29. The maximum Gasteiger partial charge on any atom is 0.264 e. The molecule has 1 amide bonds. The van der Waals surface area contributed by atoms with Crippen LogP contribution >= 0.6 is 11.6 Å². The maximum atomic E-state index is 13.1. The maximum absolute atomic E-state index is 13.1. The number of piperidine rings is 1. The number of fused-ring (bicyclic) bond motifs is 1. The van der Waals surface area contributed by atoms with E-state index in [9.17, 15) is 21.6 Å². The van der Waals surface area contributed by atoms with Crippen LogP contribution in [0.5, 0.6) is 0 Å². The summed E-state index contributed by atoms with van der Waals surface area (Å²) < 4.78 is 52.3. The second kappa shape index (κ2) is 8.66. The summed E-state index contributed by atoms with van der Waals surface area (Å²) >= 11 is 5.88. The van der Waals surface area contributed by atoms with Gasteiger partial charge in [0, 0.05) is 36.3 Å². The Morgan fingerprint density at radius 1 is 1.00 bits per heavy atom. The number of hydrogen-bond donors (Lipinski definition) is 1. The fourth-order valence-electron chi connectivity index (χ4n) is 4.11. The quantitative estimate of drug-likeness (QED) is 0.684. The number of rotatable bonds is 5. The number of halogens is 1. The van der Waals surface area contributed by atoms with E-state index in [1.54, 1.807) is 12.1 Å². The Balaban J connectivity index is 1.49. The smallest absolute Gasteiger partial charge is 0.264 e. The van der Waals surface area contributed by atoms with Crippen molar-refractivity contribution >= 4 is 48.9 Å². The van der Waals surface area contributed by atoms with E-state index >= 15 is 0 Å². The zero-order valence-electron chi connectivity index (χ0n) is 17.5. The largest absolute Gasteiger partial charge is 0.326 e. The number of amides is 1. The SMILES string of the molecule is CS(=O)(=O)N1CCC(C(=O)Nc2ccc3c(c2)N(S(=O)(=O)c2ccc(Cl)cc2)CC3)CC1. The molecule has 0 atom stereocenters. The van der Waals surface area contributed by atoms with Crippen LogP contribution in [0.1, 0.15) is 18.4 Å². The van der Waals surface area contributed by atoms with E-state index in [-0.39, 0.29) is 16.7 Å². The van der Waals surface area contributed by atoms with Crippen LogP contribution in [-0.2, 0) is 31.3 Å². The van der Waals surface area contributed by atoms with Gasteiger partial charge in [-0.05, 0) is 61.2 Å². The van der Waals surface area contributed by atoms with Crippen LogP contribution in [0.4, 0.5) is 11.4 Å². The van der Waals surface area contributed by atoms with Gasteiger partial charge in [-0.15, -0.1) is 0 Å². The fourth-order valence-corrected chi connectivity index (χ4v) is 6.60. The molecule has 2 aliphatic rings. The molecule has 0 bridgehead atoms. The Labute approximate surface area is 193 Å². The second-order valence-corrected chi connectivity index (χ2v) is 12.3. The summed E-state index contributed by atoms with van der Waals surface area (Å²) in [6.07, 6.45) is 2.64. The number of nitrogens with one attached hydrogen (secondary N) is 1. The van der Waals surface area contributed by atoms with E-state index in [1.165, 1.54) is 39.1 Å². The summed E-state index contributed by atoms with van der Waals surface area (Å²) in [7, 11) is -7.01. The van der Waals surface area contributed by atoms with Crippen LogP contribution in [-0.4, -0.2) is 52.9 Å². The third-order valence-electron chi connectivity index (χ3n) is 5.90. The minimum Gasteiger partial charge on any atom is -0.326 e. The summed E-state index contributed by atoms with van der Waals surface area (Å²) in [5.74, 6) is -0.488. The molecule has 0 radical (unpaired) electrons. The summed E-state index contributed by atoms with van der Waals surface area (Å²) in [6.45, 7) is 0.948. The number of hydrogen-bond acceptors (Lipinski definition) is 5. The summed E-state index contributed by atoms with van der Waals surface area (Å²) in [5, 5.41) is 3.32. The van der Waals surface area contributed by atoms with Gasteiger partial charge in [-0.2, -0.15) is 0 Å². The number of anilines is 2. The second-order valence-electron chi connectivity index (χ2n) is 8.05. The molecule has 2 aromatic carbocycles. The topological polar surface area (TPSA) is 104 Å². The van der Waals surface area contributed by atoms with Crippen LogP contribution in [0.25, 0.3) is 0 Å². The highest BCUT2D eigenvalue weighted by Gasteiger charge is 2.32. The number of carbonyl (C=O) groups is 1. The lowest BCUT2D eigenvalue weighted by atomic mass is 9.97. The molecule has 0 aromatic heterocycles. The molecule has 2 heterocycles. The highest BCUT2D eigenvalue weighted by atomic mass is 35.5. The molecule has 2 aliphatic heterocycles. The number of benzene rings is 2. The Bertz CT molecular complexity index is 1240. The molecule has 0 spiro atoms. The van der Waals surface area contributed by atoms with E-state index < -0.39 is 20.0 Å². The van der Waals surface area contributed by atoms with Crippen molar-refractivity contribution in [3.63, 3.8) is 0 Å². The number of nitrogens with zero attached hydrogens (tertiary/aromatic N) is 2. The number of carbonyl (C=O) groups excluding carboxylic acids is 1. The van der Waals surface area contributed by atoms with Crippen LogP contribution < -0.4 is 9.62 Å². The first-order valence-corrected chi connectivity index (χ1v) is 13.9. The van der Waals surface area contributed by atoms with Gasteiger partial charge in [0.1, 0.15) is 0 Å². The van der Waals surface area contributed by atoms with Gasteiger partial charge < -0.3 is 5.32 Å². The van der Waals surface area contributed by atoms with Crippen molar-refractivity contribution in [2.75, 3.05) is 35.5 Å². The predicted octanol–water partition coefficient (Wildman–Crippen LogP) is 2.70. The van der Waals surface area contributed by atoms with Crippen molar-refractivity contribution in [3.05, 3.63) is 53.1 Å². The molecule has 8 nitrogen and oxygen atoms in total. The van der Waals surface area contributed by atoms with E-state index in [1.807, 2.05) is 6.07 Å². The highest BCUT2D eigenvalue weighted by Crippen LogP contribution is 2.35. The van der Waals surface area contributed by atoms with Crippen LogP contribution in [0.15, 0.2) is 47.4 Å².